The van der Waals surface area contributed by atoms with Crippen molar-refractivity contribution in [2.75, 3.05) is 0 Å². The normalized spacial score (nSPS) is 11.9. The summed E-state index contributed by atoms with van der Waals surface area (Å²) in [5.74, 6) is 0.622. The van der Waals surface area contributed by atoms with E-state index in [2.05, 4.69) is 174 Å². The molecular formula is C52H31N3O. The van der Waals surface area contributed by atoms with Gasteiger partial charge in [0.05, 0.1) is 22.2 Å². The third kappa shape index (κ3) is 4.73. The lowest BCUT2D eigenvalue weighted by Gasteiger charge is -2.14. The van der Waals surface area contributed by atoms with Gasteiger partial charge in [-0.05, 0) is 98.4 Å². The molecule has 4 nitrogen and oxygen atoms in total. The molecule has 4 heteroatoms. The van der Waals surface area contributed by atoms with Gasteiger partial charge >= 0.3 is 0 Å². The largest absolute Gasteiger partial charge is 0.456 e. The molecule has 3 heterocycles. The maximum Gasteiger partial charge on any atom is 0.235 e. The van der Waals surface area contributed by atoms with Crippen LogP contribution >= 0.6 is 0 Å². The number of nitrogens with zero attached hydrogens (tertiary/aromatic N) is 3. The summed E-state index contributed by atoms with van der Waals surface area (Å²) in [5.41, 5.74) is 11.2. The van der Waals surface area contributed by atoms with Gasteiger partial charge < -0.3 is 4.42 Å². The monoisotopic (exact) mass is 713 g/mol. The van der Waals surface area contributed by atoms with Gasteiger partial charge in [-0.3, -0.25) is 4.57 Å². The second kappa shape index (κ2) is 12.0. The smallest absolute Gasteiger partial charge is 0.235 e. The highest BCUT2D eigenvalue weighted by Gasteiger charge is 2.21. The van der Waals surface area contributed by atoms with E-state index in [4.69, 9.17) is 14.4 Å². The Kier molecular flexibility index (Phi) is 6.60. The highest BCUT2D eigenvalue weighted by molar-refractivity contribution is 6.16. The van der Waals surface area contributed by atoms with Crippen LogP contribution in [0.25, 0.3) is 116 Å². The van der Waals surface area contributed by atoms with Crippen molar-refractivity contribution in [3.05, 3.63) is 188 Å². The molecule has 0 radical (unpaired) electrons. The van der Waals surface area contributed by atoms with E-state index in [1.54, 1.807) is 0 Å². The van der Waals surface area contributed by atoms with Gasteiger partial charge in [0.15, 0.2) is 0 Å². The van der Waals surface area contributed by atoms with Crippen LogP contribution in [0.15, 0.2) is 192 Å². The van der Waals surface area contributed by atoms with Crippen molar-refractivity contribution in [1.82, 2.24) is 14.5 Å². The Morgan fingerprint density at radius 1 is 0.375 bits per heavy atom. The van der Waals surface area contributed by atoms with Crippen molar-refractivity contribution >= 4 is 76.2 Å². The number of fused-ring (bicyclic) bond motifs is 9. The van der Waals surface area contributed by atoms with E-state index >= 15 is 0 Å². The minimum absolute atomic E-state index is 0.622. The second-order valence-corrected chi connectivity index (χ2v) is 14.6. The summed E-state index contributed by atoms with van der Waals surface area (Å²) in [4.78, 5) is 11.0. The van der Waals surface area contributed by atoms with Crippen LogP contribution in [0.4, 0.5) is 0 Å². The number of aromatic nitrogens is 3. The van der Waals surface area contributed by atoms with Crippen LogP contribution in [-0.4, -0.2) is 14.5 Å². The summed E-state index contributed by atoms with van der Waals surface area (Å²) in [6.45, 7) is 0. The Balaban J connectivity index is 1.17. The topological polar surface area (TPSA) is 43.9 Å². The predicted molar refractivity (Wildman–Crippen MR) is 232 cm³/mol. The molecular weight excluding hydrogens is 683 g/mol. The van der Waals surface area contributed by atoms with E-state index in [0.717, 1.165) is 77.0 Å². The fourth-order valence-corrected chi connectivity index (χ4v) is 8.67. The van der Waals surface area contributed by atoms with Crippen molar-refractivity contribution < 1.29 is 4.42 Å². The summed E-state index contributed by atoms with van der Waals surface area (Å²) in [5, 5.41) is 10.2. The van der Waals surface area contributed by atoms with Gasteiger partial charge in [0.25, 0.3) is 0 Å². The molecule has 0 saturated carbocycles. The molecule has 3 aromatic heterocycles. The van der Waals surface area contributed by atoms with Crippen LogP contribution in [0, 0.1) is 0 Å². The molecule has 0 bridgehead atoms. The summed E-state index contributed by atoms with van der Waals surface area (Å²) in [6, 6.07) is 66.8. The van der Waals surface area contributed by atoms with Gasteiger partial charge in [-0.2, -0.15) is 0 Å². The molecule has 0 N–H and O–H groups in total. The molecule has 0 fully saturated rings. The highest BCUT2D eigenvalue weighted by Crippen LogP contribution is 2.41. The molecule has 12 rings (SSSR count). The van der Waals surface area contributed by atoms with E-state index in [1.807, 2.05) is 18.2 Å². The average molecular weight is 714 g/mol. The quantitative estimate of drug-likeness (QED) is 0.182. The van der Waals surface area contributed by atoms with Crippen molar-refractivity contribution in [2.24, 2.45) is 0 Å². The lowest BCUT2D eigenvalue weighted by molar-refractivity contribution is 0.669. The third-order valence-corrected chi connectivity index (χ3v) is 11.4. The molecule has 9 aromatic carbocycles. The zero-order valence-electron chi connectivity index (χ0n) is 30.1. The zero-order valence-corrected chi connectivity index (χ0v) is 30.1. The number of para-hydroxylation sites is 1. The van der Waals surface area contributed by atoms with Crippen LogP contribution < -0.4 is 0 Å². The molecule has 0 aliphatic rings. The maximum absolute atomic E-state index is 6.38. The Hall–Kier alpha value is -7.56. The van der Waals surface area contributed by atoms with Crippen molar-refractivity contribution in [3.63, 3.8) is 0 Å². The van der Waals surface area contributed by atoms with Gasteiger partial charge in [0.1, 0.15) is 11.2 Å². The van der Waals surface area contributed by atoms with Crippen LogP contribution in [0.1, 0.15) is 0 Å². The fraction of sp³-hybridized carbons (Fsp3) is 0. The summed E-state index contributed by atoms with van der Waals surface area (Å²) >= 11 is 0. The van der Waals surface area contributed by atoms with Gasteiger partial charge in [-0.1, -0.05) is 133 Å². The molecule has 56 heavy (non-hydrogen) atoms. The molecule has 0 aliphatic carbocycles. The molecule has 0 atom stereocenters. The van der Waals surface area contributed by atoms with Gasteiger partial charge in [0, 0.05) is 32.5 Å². The van der Waals surface area contributed by atoms with Gasteiger partial charge in [-0.15, -0.1) is 0 Å². The van der Waals surface area contributed by atoms with E-state index in [-0.39, 0.29) is 0 Å². The predicted octanol–water partition coefficient (Wildman–Crippen LogP) is 13.9. The maximum atomic E-state index is 6.38. The minimum Gasteiger partial charge on any atom is -0.456 e. The summed E-state index contributed by atoms with van der Waals surface area (Å²) < 4.78 is 8.64. The van der Waals surface area contributed by atoms with E-state index < -0.39 is 0 Å². The van der Waals surface area contributed by atoms with Crippen LogP contribution in [-0.2, 0) is 0 Å². The second-order valence-electron chi connectivity index (χ2n) is 14.6. The van der Waals surface area contributed by atoms with Crippen LogP contribution in [0.3, 0.4) is 0 Å². The van der Waals surface area contributed by atoms with Crippen molar-refractivity contribution in [3.8, 4) is 39.5 Å². The number of hydrogen-bond donors (Lipinski definition) is 0. The van der Waals surface area contributed by atoms with Crippen LogP contribution in [0.5, 0.6) is 0 Å². The lowest BCUT2D eigenvalue weighted by Crippen LogP contribution is -2.04. The lowest BCUT2D eigenvalue weighted by atomic mass is 9.98. The number of rotatable bonds is 4. The molecule has 0 amide bonds. The standard InChI is InChI=1S/C52H31N3O/c1-2-11-32(12-3-1)39-23-25-40-45(30-39)53-52(54-51(40)42-18-10-20-49-50(42)41-17-8-9-19-48(41)56-49)55-46-26-24-38(37-22-21-33-13-4-5-14-34(33)27-37)29-43(46)44-28-35-15-6-7-16-36(35)31-47(44)55/h1-31H. The van der Waals surface area contributed by atoms with E-state index in [0.29, 0.717) is 5.95 Å². The van der Waals surface area contributed by atoms with Crippen LogP contribution in [0.2, 0.25) is 0 Å². The Morgan fingerprint density at radius 3 is 1.91 bits per heavy atom. The minimum atomic E-state index is 0.622. The summed E-state index contributed by atoms with van der Waals surface area (Å²) in [7, 11) is 0. The average Bonchev–Trinajstić information content (AvgIpc) is 3.80. The molecule has 0 saturated heterocycles. The number of benzene rings is 9. The Morgan fingerprint density at radius 2 is 1.04 bits per heavy atom. The first-order valence-electron chi connectivity index (χ1n) is 19.0. The van der Waals surface area contributed by atoms with Gasteiger partial charge in [-0.25, -0.2) is 9.97 Å². The first-order chi connectivity index (χ1) is 27.7. The Bertz CT molecular complexity index is 3540. The third-order valence-electron chi connectivity index (χ3n) is 11.4. The zero-order chi connectivity index (χ0) is 36.7. The van der Waals surface area contributed by atoms with E-state index in [1.165, 1.54) is 32.7 Å². The number of furan rings is 1. The summed E-state index contributed by atoms with van der Waals surface area (Å²) in [6.07, 6.45) is 0. The van der Waals surface area contributed by atoms with Crippen molar-refractivity contribution in [1.29, 1.82) is 0 Å². The van der Waals surface area contributed by atoms with Gasteiger partial charge in [0.2, 0.25) is 5.95 Å². The molecule has 0 unspecified atom stereocenters. The van der Waals surface area contributed by atoms with E-state index in [9.17, 15) is 0 Å². The SMILES string of the molecule is c1ccc(-c2ccc3c(-c4cccc5oc6ccccc6c45)nc(-n4c5ccc(-c6ccc7ccccc7c6)cc5c5cc6ccccc6cc54)nc3c2)cc1. The first-order valence-corrected chi connectivity index (χ1v) is 19.0. The molecule has 0 aliphatic heterocycles. The fourth-order valence-electron chi connectivity index (χ4n) is 8.67. The molecule has 260 valence electrons. The first kappa shape index (κ1) is 30.9. The Labute approximate surface area is 321 Å². The van der Waals surface area contributed by atoms with Crippen molar-refractivity contribution in [2.45, 2.75) is 0 Å². The molecule has 0 spiro atoms. The highest BCUT2D eigenvalue weighted by atomic mass is 16.3. The molecule has 12 aromatic rings. The number of hydrogen-bond acceptors (Lipinski definition) is 3.